The van der Waals surface area contributed by atoms with E-state index in [1.807, 2.05) is 35.4 Å². The summed E-state index contributed by atoms with van der Waals surface area (Å²) in [6.45, 7) is 0.756. The van der Waals surface area contributed by atoms with Crippen molar-refractivity contribution in [3.63, 3.8) is 0 Å². The lowest BCUT2D eigenvalue weighted by Crippen LogP contribution is -2.01. The molecule has 5 nitrogen and oxygen atoms in total. The number of pyridine rings is 1. The minimum absolute atomic E-state index is 0.756. The van der Waals surface area contributed by atoms with E-state index in [1.54, 1.807) is 18.7 Å². The summed E-state index contributed by atoms with van der Waals surface area (Å²) in [5, 5.41) is 0. The standard InChI is InChI=1S/C18H15N5/c1-2-15(12-19-7-1)13-22-11-9-21-18(22)16-3-5-17(6-4-16)23-10-8-20-14-23/h1-12,14H,13H2. The van der Waals surface area contributed by atoms with Crippen LogP contribution in [0.1, 0.15) is 5.56 Å². The highest BCUT2D eigenvalue weighted by Gasteiger charge is 2.07. The van der Waals surface area contributed by atoms with Crippen molar-refractivity contribution < 1.29 is 0 Å². The Kier molecular flexibility index (Phi) is 3.44. The topological polar surface area (TPSA) is 48.5 Å². The summed E-state index contributed by atoms with van der Waals surface area (Å²) >= 11 is 0. The van der Waals surface area contributed by atoms with Gasteiger partial charge in [0.1, 0.15) is 5.82 Å². The minimum Gasteiger partial charge on any atom is -0.327 e. The second kappa shape index (κ2) is 5.88. The first-order valence-electron chi connectivity index (χ1n) is 7.39. The van der Waals surface area contributed by atoms with E-state index in [0.717, 1.165) is 29.2 Å². The number of aromatic nitrogens is 5. The zero-order chi connectivity index (χ0) is 15.5. The monoisotopic (exact) mass is 301 g/mol. The third-order valence-corrected chi connectivity index (χ3v) is 3.72. The first-order chi connectivity index (χ1) is 11.4. The molecule has 0 atom stereocenters. The maximum Gasteiger partial charge on any atom is 0.140 e. The van der Waals surface area contributed by atoms with Gasteiger partial charge >= 0.3 is 0 Å². The highest BCUT2D eigenvalue weighted by molar-refractivity contribution is 5.58. The summed E-state index contributed by atoms with van der Waals surface area (Å²) in [5.41, 5.74) is 3.32. The third kappa shape index (κ3) is 2.76. The van der Waals surface area contributed by atoms with Crippen molar-refractivity contribution in [3.05, 3.63) is 85.5 Å². The first-order valence-corrected chi connectivity index (χ1v) is 7.39. The van der Waals surface area contributed by atoms with Crippen LogP contribution in [0, 0.1) is 0 Å². The summed E-state index contributed by atoms with van der Waals surface area (Å²) in [5.74, 6) is 0.950. The highest BCUT2D eigenvalue weighted by Crippen LogP contribution is 2.20. The van der Waals surface area contributed by atoms with Gasteiger partial charge in [-0.15, -0.1) is 0 Å². The van der Waals surface area contributed by atoms with Crippen molar-refractivity contribution in [2.24, 2.45) is 0 Å². The smallest absolute Gasteiger partial charge is 0.140 e. The fraction of sp³-hybridized carbons (Fsp3) is 0.0556. The Bertz CT molecular complexity index is 877. The van der Waals surface area contributed by atoms with Crippen LogP contribution >= 0.6 is 0 Å². The predicted molar refractivity (Wildman–Crippen MR) is 88.1 cm³/mol. The summed E-state index contributed by atoms with van der Waals surface area (Å²) < 4.78 is 4.11. The van der Waals surface area contributed by atoms with Gasteiger partial charge in [-0.3, -0.25) is 4.98 Å². The molecule has 5 heteroatoms. The fourth-order valence-corrected chi connectivity index (χ4v) is 2.58. The van der Waals surface area contributed by atoms with Crippen LogP contribution in [0.2, 0.25) is 0 Å². The molecule has 112 valence electrons. The molecule has 0 aliphatic heterocycles. The molecule has 4 aromatic rings. The van der Waals surface area contributed by atoms with Gasteiger partial charge in [-0.05, 0) is 35.9 Å². The number of nitrogens with zero attached hydrogens (tertiary/aromatic N) is 5. The van der Waals surface area contributed by atoms with Crippen LogP contribution in [0.5, 0.6) is 0 Å². The van der Waals surface area contributed by atoms with Crippen LogP contribution in [0.15, 0.2) is 79.9 Å². The van der Waals surface area contributed by atoms with E-state index in [2.05, 4.69) is 49.9 Å². The van der Waals surface area contributed by atoms with Crippen molar-refractivity contribution in [2.45, 2.75) is 6.54 Å². The van der Waals surface area contributed by atoms with Gasteiger partial charge < -0.3 is 9.13 Å². The molecular weight excluding hydrogens is 286 g/mol. The average molecular weight is 301 g/mol. The molecule has 0 unspecified atom stereocenters. The van der Waals surface area contributed by atoms with E-state index in [9.17, 15) is 0 Å². The summed E-state index contributed by atoms with van der Waals surface area (Å²) in [6.07, 6.45) is 13.0. The second-order valence-electron chi connectivity index (χ2n) is 5.26. The van der Waals surface area contributed by atoms with Crippen molar-refractivity contribution in [2.75, 3.05) is 0 Å². The Morgan fingerprint density at radius 2 is 1.78 bits per heavy atom. The zero-order valence-electron chi connectivity index (χ0n) is 12.4. The molecule has 3 heterocycles. The van der Waals surface area contributed by atoms with E-state index in [1.165, 1.54) is 0 Å². The molecule has 0 amide bonds. The first kappa shape index (κ1) is 13.5. The molecule has 0 aliphatic carbocycles. The molecular formula is C18H15N5. The van der Waals surface area contributed by atoms with Gasteiger partial charge in [0.2, 0.25) is 0 Å². The second-order valence-corrected chi connectivity index (χ2v) is 5.26. The molecule has 0 saturated heterocycles. The quantitative estimate of drug-likeness (QED) is 0.581. The molecule has 1 aromatic carbocycles. The summed E-state index contributed by atoms with van der Waals surface area (Å²) in [6, 6.07) is 12.3. The minimum atomic E-state index is 0.756. The average Bonchev–Trinajstić information content (AvgIpc) is 3.28. The van der Waals surface area contributed by atoms with E-state index >= 15 is 0 Å². The molecule has 0 aliphatic rings. The van der Waals surface area contributed by atoms with Crippen molar-refractivity contribution in [1.29, 1.82) is 0 Å². The molecule has 0 radical (unpaired) electrons. The van der Waals surface area contributed by atoms with Gasteiger partial charge in [-0.1, -0.05) is 6.07 Å². The molecule has 4 rings (SSSR count). The maximum atomic E-state index is 4.50. The molecule has 0 spiro atoms. The van der Waals surface area contributed by atoms with E-state index in [-0.39, 0.29) is 0 Å². The van der Waals surface area contributed by atoms with Crippen LogP contribution in [0.4, 0.5) is 0 Å². The largest absolute Gasteiger partial charge is 0.327 e. The number of imidazole rings is 2. The molecule has 3 aromatic heterocycles. The van der Waals surface area contributed by atoms with Crippen molar-refractivity contribution in [3.8, 4) is 17.1 Å². The Hall–Kier alpha value is -3.21. The van der Waals surface area contributed by atoms with Gasteiger partial charge in [0, 0.05) is 48.4 Å². The molecule has 0 N–H and O–H groups in total. The Morgan fingerprint density at radius 1 is 0.870 bits per heavy atom. The molecule has 0 saturated carbocycles. The molecule has 23 heavy (non-hydrogen) atoms. The third-order valence-electron chi connectivity index (χ3n) is 3.72. The van der Waals surface area contributed by atoms with E-state index in [4.69, 9.17) is 0 Å². The predicted octanol–water partition coefficient (Wildman–Crippen LogP) is 3.18. The van der Waals surface area contributed by atoms with Gasteiger partial charge in [-0.25, -0.2) is 9.97 Å². The zero-order valence-corrected chi connectivity index (χ0v) is 12.4. The van der Waals surface area contributed by atoms with E-state index in [0.29, 0.717) is 0 Å². The number of benzene rings is 1. The summed E-state index contributed by atoms with van der Waals surface area (Å²) in [7, 11) is 0. The maximum absolute atomic E-state index is 4.50. The fourth-order valence-electron chi connectivity index (χ4n) is 2.58. The van der Waals surface area contributed by atoms with Crippen LogP contribution in [-0.2, 0) is 6.54 Å². The van der Waals surface area contributed by atoms with Crippen molar-refractivity contribution in [1.82, 2.24) is 24.1 Å². The SMILES string of the molecule is c1cncc(Cn2ccnc2-c2ccc(-n3ccnc3)cc2)c1. The lowest BCUT2D eigenvalue weighted by atomic mass is 10.2. The summed E-state index contributed by atoms with van der Waals surface area (Å²) in [4.78, 5) is 12.7. The van der Waals surface area contributed by atoms with Crippen LogP contribution in [-0.4, -0.2) is 24.1 Å². The van der Waals surface area contributed by atoms with Gasteiger partial charge in [0.25, 0.3) is 0 Å². The van der Waals surface area contributed by atoms with E-state index < -0.39 is 0 Å². The number of hydrogen-bond acceptors (Lipinski definition) is 3. The Balaban J connectivity index is 1.63. The highest BCUT2D eigenvalue weighted by atomic mass is 15.1. The van der Waals surface area contributed by atoms with Gasteiger partial charge in [-0.2, -0.15) is 0 Å². The van der Waals surface area contributed by atoms with Gasteiger partial charge in [0.05, 0.1) is 12.9 Å². The lowest BCUT2D eigenvalue weighted by molar-refractivity contribution is 0.803. The van der Waals surface area contributed by atoms with Crippen LogP contribution in [0.3, 0.4) is 0 Å². The van der Waals surface area contributed by atoms with Crippen molar-refractivity contribution >= 4 is 0 Å². The molecule has 0 bridgehead atoms. The van der Waals surface area contributed by atoms with Crippen LogP contribution in [0.25, 0.3) is 17.1 Å². The van der Waals surface area contributed by atoms with Gasteiger partial charge in [0.15, 0.2) is 0 Å². The number of hydrogen-bond donors (Lipinski definition) is 0. The van der Waals surface area contributed by atoms with Crippen LogP contribution < -0.4 is 0 Å². The number of rotatable bonds is 4. The normalized spacial score (nSPS) is 10.8. The Morgan fingerprint density at radius 3 is 2.52 bits per heavy atom. The lowest BCUT2D eigenvalue weighted by Gasteiger charge is -2.09. The Labute approximate surface area is 133 Å². The molecule has 0 fully saturated rings.